The van der Waals surface area contributed by atoms with Crippen LogP contribution in [0.5, 0.6) is 0 Å². The highest BCUT2D eigenvalue weighted by molar-refractivity contribution is 5.95. The number of hydrogen-bond donors (Lipinski definition) is 0. The SMILES string of the molecule is C/C=C/Cn1cc(F)c(=O)n(C(=O)c2ccccc2)c1=O. The van der Waals surface area contributed by atoms with Gasteiger partial charge in [0, 0.05) is 12.1 Å². The van der Waals surface area contributed by atoms with Crippen molar-refractivity contribution in [3.63, 3.8) is 0 Å². The Morgan fingerprint density at radius 2 is 1.90 bits per heavy atom. The molecule has 1 heterocycles. The van der Waals surface area contributed by atoms with Crippen LogP contribution in [-0.2, 0) is 6.54 Å². The first kappa shape index (κ1) is 14.6. The van der Waals surface area contributed by atoms with Crippen molar-refractivity contribution in [3.05, 3.63) is 80.9 Å². The van der Waals surface area contributed by atoms with Crippen LogP contribution >= 0.6 is 0 Å². The summed E-state index contributed by atoms with van der Waals surface area (Å²) in [4.78, 5) is 36.2. The molecule has 0 spiro atoms. The van der Waals surface area contributed by atoms with Crippen molar-refractivity contribution in [2.45, 2.75) is 13.5 Å². The standard InChI is InChI=1S/C15H13FN2O3/c1-2-3-9-17-10-12(16)14(20)18(15(17)21)13(19)11-7-5-4-6-8-11/h2-8,10H,9H2,1H3/b3-2+. The summed E-state index contributed by atoms with van der Waals surface area (Å²) in [5.74, 6) is -2.00. The van der Waals surface area contributed by atoms with Crippen LogP contribution < -0.4 is 11.2 Å². The fourth-order valence-electron chi connectivity index (χ4n) is 1.81. The van der Waals surface area contributed by atoms with E-state index in [0.717, 1.165) is 10.8 Å². The molecule has 5 nitrogen and oxygen atoms in total. The first-order valence-corrected chi connectivity index (χ1v) is 6.29. The Hall–Kier alpha value is -2.76. The molecular formula is C15H13FN2O3. The maximum atomic E-state index is 13.7. The van der Waals surface area contributed by atoms with Gasteiger partial charge in [0.25, 0.3) is 11.5 Å². The minimum Gasteiger partial charge on any atom is -0.293 e. The van der Waals surface area contributed by atoms with E-state index in [9.17, 15) is 18.8 Å². The van der Waals surface area contributed by atoms with E-state index in [4.69, 9.17) is 0 Å². The highest BCUT2D eigenvalue weighted by Gasteiger charge is 2.18. The number of rotatable bonds is 3. The number of carbonyl (C=O) groups excluding carboxylic acids is 1. The zero-order valence-corrected chi connectivity index (χ0v) is 11.3. The summed E-state index contributed by atoms with van der Waals surface area (Å²) in [6, 6.07) is 7.78. The van der Waals surface area contributed by atoms with E-state index in [1.54, 1.807) is 37.3 Å². The van der Waals surface area contributed by atoms with Gasteiger partial charge < -0.3 is 0 Å². The molecule has 2 aromatic rings. The van der Waals surface area contributed by atoms with Crippen LogP contribution in [0.1, 0.15) is 17.3 Å². The van der Waals surface area contributed by atoms with Gasteiger partial charge in [-0.25, -0.2) is 4.79 Å². The van der Waals surface area contributed by atoms with Crippen LogP contribution in [0.3, 0.4) is 0 Å². The van der Waals surface area contributed by atoms with Crippen LogP contribution in [0.15, 0.2) is 58.3 Å². The Labute approximate surface area is 119 Å². The third-order valence-corrected chi connectivity index (χ3v) is 2.88. The zero-order valence-electron chi connectivity index (χ0n) is 11.3. The molecule has 0 aliphatic rings. The largest absolute Gasteiger partial charge is 0.338 e. The minimum atomic E-state index is -1.24. The van der Waals surface area contributed by atoms with E-state index in [1.165, 1.54) is 12.1 Å². The highest BCUT2D eigenvalue weighted by atomic mass is 19.1. The Bertz CT molecular complexity index is 804. The topological polar surface area (TPSA) is 61.1 Å². The molecule has 6 heteroatoms. The molecule has 21 heavy (non-hydrogen) atoms. The third kappa shape index (κ3) is 2.89. The molecule has 0 unspecified atom stereocenters. The lowest BCUT2D eigenvalue weighted by Gasteiger charge is -2.08. The van der Waals surface area contributed by atoms with Crippen LogP contribution in [0.4, 0.5) is 4.39 Å². The number of carbonyl (C=O) groups is 1. The van der Waals surface area contributed by atoms with E-state index >= 15 is 0 Å². The van der Waals surface area contributed by atoms with Gasteiger partial charge in [-0.2, -0.15) is 8.96 Å². The summed E-state index contributed by atoms with van der Waals surface area (Å²) < 4.78 is 14.9. The number of nitrogens with zero attached hydrogens (tertiary/aromatic N) is 2. The van der Waals surface area contributed by atoms with E-state index in [2.05, 4.69) is 0 Å². The molecule has 0 saturated heterocycles. The van der Waals surface area contributed by atoms with E-state index < -0.39 is 23.0 Å². The molecule has 0 aliphatic heterocycles. The summed E-state index contributed by atoms with van der Waals surface area (Å²) in [6.07, 6.45) is 4.10. The van der Waals surface area contributed by atoms with E-state index in [-0.39, 0.29) is 12.1 Å². The number of aromatic nitrogens is 2. The van der Waals surface area contributed by atoms with E-state index in [1.807, 2.05) is 0 Å². The Balaban J connectivity index is 2.63. The van der Waals surface area contributed by atoms with Gasteiger partial charge in [0.05, 0.1) is 6.20 Å². The molecule has 0 atom stereocenters. The van der Waals surface area contributed by atoms with Gasteiger partial charge in [0.2, 0.25) is 5.82 Å². The first-order valence-electron chi connectivity index (χ1n) is 6.29. The monoisotopic (exact) mass is 288 g/mol. The smallest absolute Gasteiger partial charge is 0.293 e. The van der Waals surface area contributed by atoms with Crippen LogP contribution in [0.25, 0.3) is 0 Å². The van der Waals surface area contributed by atoms with Crippen molar-refractivity contribution in [3.8, 4) is 0 Å². The molecule has 0 saturated carbocycles. The van der Waals surface area contributed by atoms with Gasteiger partial charge in [-0.15, -0.1) is 0 Å². The Kier molecular flexibility index (Phi) is 4.27. The predicted molar refractivity (Wildman–Crippen MR) is 75.9 cm³/mol. The van der Waals surface area contributed by atoms with Crippen molar-refractivity contribution in [1.82, 2.24) is 9.13 Å². The van der Waals surface area contributed by atoms with Gasteiger partial charge in [-0.1, -0.05) is 30.4 Å². The lowest BCUT2D eigenvalue weighted by molar-refractivity contribution is 0.0946. The van der Waals surface area contributed by atoms with Crippen LogP contribution in [-0.4, -0.2) is 15.0 Å². The maximum absolute atomic E-state index is 13.7. The second-order valence-corrected chi connectivity index (χ2v) is 4.29. The Morgan fingerprint density at radius 3 is 2.52 bits per heavy atom. The molecule has 0 N–H and O–H groups in total. The van der Waals surface area contributed by atoms with E-state index in [0.29, 0.717) is 4.57 Å². The average Bonchev–Trinajstić information content (AvgIpc) is 2.50. The van der Waals surface area contributed by atoms with Gasteiger partial charge in [-0.05, 0) is 19.1 Å². The number of hydrogen-bond acceptors (Lipinski definition) is 3. The quantitative estimate of drug-likeness (QED) is 0.802. The van der Waals surface area contributed by atoms with Crippen molar-refractivity contribution in [1.29, 1.82) is 0 Å². The fourth-order valence-corrected chi connectivity index (χ4v) is 1.81. The van der Waals surface area contributed by atoms with Crippen molar-refractivity contribution in [2.75, 3.05) is 0 Å². The van der Waals surface area contributed by atoms with Gasteiger partial charge in [0.15, 0.2) is 0 Å². The van der Waals surface area contributed by atoms with Crippen LogP contribution in [0, 0.1) is 5.82 Å². The molecule has 1 aromatic carbocycles. The van der Waals surface area contributed by atoms with Crippen molar-refractivity contribution >= 4 is 5.91 Å². The predicted octanol–water partition coefficient (Wildman–Crippen LogP) is 1.41. The molecule has 0 amide bonds. The summed E-state index contributed by atoms with van der Waals surface area (Å²) in [6.45, 7) is 1.82. The summed E-state index contributed by atoms with van der Waals surface area (Å²) >= 11 is 0. The Morgan fingerprint density at radius 1 is 1.24 bits per heavy atom. The number of benzene rings is 1. The summed E-state index contributed by atoms with van der Waals surface area (Å²) in [5.41, 5.74) is -1.97. The number of halogens is 1. The maximum Gasteiger partial charge on any atom is 0.338 e. The molecule has 1 aromatic heterocycles. The van der Waals surface area contributed by atoms with Crippen LogP contribution in [0.2, 0.25) is 0 Å². The minimum absolute atomic E-state index is 0.0780. The second-order valence-electron chi connectivity index (χ2n) is 4.29. The molecule has 0 bridgehead atoms. The van der Waals surface area contributed by atoms with Gasteiger partial charge >= 0.3 is 5.69 Å². The zero-order chi connectivity index (χ0) is 15.4. The van der Waals surface area contributed by atoms with Crippen molar-refractivity contribution in [2.24, 2.45) is 0 Å². The van der Waals surface area contributed by atoms with Gasteiger partial charge in [0.1, 0.15) is 0 Å². The summed E-state index contributed by atoms with van der Waals surface area (Å²) in [7, 11) is 0. The third-order valence-electron chi connectivity index (χ3n) is 2.88. The molecule has 2 rings (SSSR count). The first-order chi connectivity index (χ1) is 10.1. The molecular weight excluding hydrogens is 275 g/mol. The van der Waals surface area contributed by atoms with Crippen molar-refractivity contribution < 1.29 is 9.18 Å². The summed E-state index contributed by atoms with van der Waals surface area (Å²) in [5, 5.41) is 0. The number of allylic oxidation sites excluding steroid dienone is 2. The normalized spacial score (nSPS) is 11.0. The van der Waals surface area contributed by atoms with Gasteiger partial charge in [-0.3, -0.25) is 14.2 Å². The molecule has 0 fully saturated rings. The fraction of sp³-hybridized carbons (Fsp3) is 0.133. The molecule has 108 valence electrons. The lowest BCUT2D eigenvalue weighted by Crippen LogP contribution is -2.44. The average molecular weight is 288 g/mol. The molecule has 0 radical (unpaired) electrons. The molecule has 0 aliphatic carbocycles. The second kappa shape index (κ2) is 6.13. The lowest BCUT2D eigenvalue weighted by atomic mass is 10.2. The highest BCUT2D eigenvalue weighted by Crippen LogP contribution is 2.00.